The molecule has 3 rings (SSSR count). The van der Waals surface area contributed by atoms with E-state index >= 15 is 0 Å². The van der Waals surface area contributed by atoms with Crippen molar-refractivity contribution >= 4 is 23.5 Å². The molecular formula is C19H18FN3O3. The van der Waals surface area contributed by atoms with E-state index in [0.29, 0.717) is 12.2 Å². The molecule has 1 heterocycles. The lowest BCUT2D eigenvalue weighted by Crippen LogP contribution is -2.40. The van der Waals surface area contributed by atoms with E-state index < -0.39 is 17.8 Å². The van der Waals surface area contributed by atoms with E-state index in [0.717, 1.165) is 20.9 Å². The average Bonchev–Trinajstić information content (AvgIpc) is 2.82. The van der Waals surface area contributed by atoms with Gasteiger partial charge in [-0.05, 0) is 43.8 Å². The van der Waals surface area contributed by atoms with Gasteiger partial charge in [-0.2, -0.15) is 0 Å². The molecule has 0 bridgehead atoms. The minimum atomic E-state index is -0.867. The molecular weight excluding hydrogens is 337 g/mol. The van der Waals surface area contributed by atoms with Crippen LogP contribution in [0.4, 0.5) is 14.9 Å². The maximum atomic E-state index is 13.0. The number of rotatable bonds is 5. The number of aryl methyl sites for hydroxylation is 1. The van der Waals surface area contributed by atoms with Crippen molar-refractivity contribution in [3.8, 4) is 0 Å². The van der Waals surface area contributed by atoms with Crippen LogP contribution in [0, 0.1) is 12.7 Å². The molecule has 1 aliphatic rings. The summed E-state index contributed by atoms with van der Waals surface area (Å²) in [5.41, 5.74) is 2.17. The number of carbonyl (C=O) groups is 3. The summed E-state index contributed by atoms with van der Waals surface area (Å²) >= 11 is 0. The molecule has 134 valence electrons. The van der Waals surface area contributed by atoms with E-state index in [1.165, 1.54) is 12.1 Å². The largest absolute Gasteiger partial charge is 0.340 e. The Morgan fingerprint density at radius 3 is 2.15 bits per heavy atom. The van der Waals surface area contributed by atoms with Gasteiger partial charge in [0.15, 0.2) is 0 Å². The van der Waals surface area contributed by atoms with Crippen LogP contribution in [-0.4, -0.2) is 41.4 Å². The van der Waals surface area contributed by atoms with Crippen LogP contribution in [0.15, 0.2) is 48.5 Å². The third kappa shape index (κ3) is 3.48. The first-order valence-corrected chi connectivity index (χ1v) is 8.06. The van der Waals surface area contributed by atoms with Gasteiger partial charge in [0, 0.05) is 6.54 Å². The highest BCUT2D eigenvalue weighted by molar-refractivity contribution is 6.52. The monoisotopic (exact) mass is 355 g/mol. The van der Waals surface area contributed by atoms with Crippen LogP contribution in [0.1, 0.15) is 11.1 Å². The third-order valence-corrected chi connectivity index (χ3v) is 4.09. The van der Waals surface area contributed by atoms with Crippen molar-refractivity contribution < 1.29 is 18.8 Å². The lowest BCUT2D eigenvalue weighted by molar-refractivity contribution is -0.140. The van der Waals surface area contributed by atoms with Gasteiger partial charge >= 0.3 is 17.8 Å². The Morgan fingerprint density at radius 1 is 0.923 bits per heavy atom. The molecule has 0 aliphatic carbocycles. The highest BCUT2D eigenvalue weighted by Gasteiger charge is 2.45. The Morgan fingerprint density at radius 2 is 1.54 bits per heavy atom. The van der Waals surface area contributed by atoms with Crippen molar-refractivity contribution in [2.75, 3.05) is 18.6 Å². The molecule has 4 amide bonds. The highest BCUT2D eigenvalue weighted by Crippen LogP contribution is 2.23. The standard InChI is InChI=1S/C19H18FN3O3/c1-13-3-9-16(10-4-13)23-18(25)17(24)22(19(23)26)12-21(2)11-14-5-7-15(20)8-6-14/h3-10H,11-12H2,1-2H3. The summed E-state index contributed by atoms with van der Waals surface area (Å²) in [7, 11) is 1.71. The Labute approximate surface area is 150 Å². The second-order valence-electron chi connectivity index (χ2n) is 6.27. The molecule has 2 aromatic rings. The number of urea groups is 1. The quantitative estimate of drug-likeness (QED) is 0.611. The van der Waals surface area contributed by atoms with Gasteiger partial charge in [-0.1, -0.05) is 29.8 Å². The lowest BCUT2D eigenvalue weighted by Gasteiger charge is -2.22. The first kappa shape index (κ1) is 17.8. The van der Waals surface area contributed by atoms with Gasteiger partial charge in [-0.3, -0.25) is 14.5 Å². The van der Waals surface area contributed by atoms with E-state index in [-0.39, 0.29) is 12.5 Å². The molecule has 1 saturated heterocycles. The zero-order valence-corrected chi connectivity index (χ0v) is 14.5. The second kappa shape index (κ2) is 7.05. The maximum absolute atomic E-state index is 13.0. The van der Waals surface area contributed by atoms with E-state index in [9.17, 15) is 18.8 Å². The number of benzene rings is 2. The van der Waals surface area contributed by atoms with Gasteiger partial charge in [0.2, 0.25) is 0 Å². The Kier molecular flexibility index (Phi) is 4.81. The van der Waals surface area contributed by atoms with Gasteiger partial charge in [0.25, 0.3) is 0 Å². The van der Waals surface area contributed by atoms with E-state index in [2.05, 4.69) is 0 Å². The van der Waals surface area contributed by atoms with Crippen molar-refractivity contribution in [1.29, 1.82) is 0 Å². The predicted octanol–water partition coefficient (Wildman–Crippen LogP) is 2.52. The summed E-state index contributed by atoms with van der Waals surface area (Å²) in [4.78, 5) is 40.6. The molecule has 2 aromatic carbocycles. The number of nitrogens with zero attached hydrogens (tertiary/aromatic N) is 3. The molecule has 0 atom stereocenters. The van der Waals surface area contributed by atoms with Crippen molar-refractivity contribution in [2.24, 2.45) is 0 Å². The summed E-state index contributed by atoms with van der Waals surface area (Å²) in [6, 6.07) is 12.1. The lowest BCUT2D eigenvalue weighted by atomic mass is 10.2. The fraction of sp³-hybridized carbons (Fsp3) is 0.211. The number of hydrogen-bond donors (Lipinski definition) is 0. The van der Waals surface area contributed by atoms with Crippen molar-refractivity contribution in [2.45, 2.75) is 13.5 Å². The predicted molar refractivity (Wildman–Crippen MR) is 93.6 cm³/mol. The van der Waals surface area contributed by atoms with Gasteiger partial charge in [0.05, 0.1) is 12.4 Å². The van der Waals surface area contributed by atoms with Crippen LogP contribution in [-0.2, 0) is 16.1 Å². The molecule has 6 nitrogen and oxygen atoms in total. The number of amides is 4. The molecule has 0 aromatic heterocycles. The van der Waals surface area contributed by atoms with Gasteiger partial charge in [-0.25, -0.2) is 19.0 Å². The van der Waals surface area contributed by atoms with Crippen LogP contribution in [0.3, 0.4) is 0 Å². The summed E-state index contributed by atoms with van der Waals surface area (Å²) < 4.78 is 13.0. The minimum absolute atomic E-state index is 0.0385. The van der Waals surface area contributed by atoms with E-state index in [1.807, 2.05) is 6.92 Å². The van der Waals surface area contributed by atoms with Crippen molar-refractivity contribution in [3.63, 3.8) is 0 Å². The van der Waals surface area contributed by atoms with Crippen molar-refractivity contribution in [1.82, 2.24) is 9.80 Å². The number of imide groups is 2. The minimum Gasteiger partial charge on any atom is -0.284 e. The average molecular weight is 355 g/mol. The zero-order valence-electron chi connectivity index (χ0n) is 14.5. The summed E-state index contributed by atoms with van der Waals surface area (Å²) in [6.45, 7) is 2.25. The van der Waals surface area contributed by atoms with Gasteiger partial charge in [-0.15, -0.1) is 0 Å². The number of hydrogen-bond acceptors (Lipinski definition) is 4. The molecule has 0 N–H and O–H groups in total. The number of carbonyl (C=O) groups excluding carboxylic acids is 3. The first-order chi connectivity index (χ1) is 12.4. The molecule has 1 aliphatic heterocycles. The maximum Gasteiger partial charge on any atom is 0.340 e. The summed E-state index contributed by atoms with van der Waals surface area (Å²) in [5, 5.41) is 0. The Balaban J connectivity index is 1.72. The Hall–Kier alpha value is -3.06. The van der Waals surface area contributed by atoms with Crippen LogP contribution >= 0.6 is 0 Å². The smallest absolute Gasteiger partial charge is 0.284 e. The second-order valence-corrected chi connectivity index (χ2v) is 6.27. The highest BCUT2D eigenvalue weighted by atomic mass is 19.1. The summed E-state index contributed by atoms with van der Waals surface area (Å²) in [6.07, 6.45) is 0. The zero-order chi connectivity index (χ0) is 18.8. The number of halogens is 1. The molecule has 26 heavy (non-hydrogen) atoms. The molecule has 7 heteroatoms. The fourth-order valence-corrected chi connectivity index (χ4v) is 2.74. The van der Waals surface area contributed by atoms with Crippen LogP contribution < -0.4 is 4.90 Å². The van der Waals surface area contributed by atoms with E-state index in [4.69, 9.17) is 0 Å². The van der Waals surface area contributed by atoms with Gasteiger partial charge < -0.3 is 0 Å². The summed E-state index contributed by atoms with van der Waals surface area (Å²) in [5.74, 6) is -2.06. The van der Waals surface area contributed by atoms with Crippen LogP contribution in [0.2, 0.25) is 0 Å². The molecule has 0 spiro atoms. The third-order valence-electron chi connectivity index (χ3n) is 4.09. The molecule has 0 saturated carbocycles. The van der Waals surface area contributed by atoms with Crippen molar-refractivity contribution in [3.05, 3.63) is 65.5 Å². The molecule has 1 fully saturated rings. The number of anilines is 1. The first-order valence-electron chi connectivity index (χ1n) is 8.06. The molecule has 0 unspecified atom stereocenters. The van der Waals surface area contributed by atoms with Crippen LogP contribution in [0.25, 0.3) is 0 Å². The SMILES string of the molecule is Cc1ccc(N2C(=O)C(=O)N(CN(C)Cc3ccc(F)cc3)C2=O)cc1. The van der Waals surface area contributed by atoms with Gasteiger partial charge in [0.1, 0.15) is 5.82 Å². The van der Waals surface area contributed by atoms with E-state index in [1.54, 1.807) is 48.3 Å². The Bertz CT molecular complexity index is 849. The normalized spacial score (nSPS) is 14.7. The molecule has 0 radical (unpaired) electrons. The van der Waals surface area contributed by atoms with Crippen LogP contribution in [0.5, 0.6) is 0 Å². The fourth-order valence-electron chi connectivity index (χ4n) is 2.74. The topological polar surface area (TPSA) is 60.9 Å².